The van der Waals surface area contributed by atoms with E-state index in [9.17, 15) is 10.0 Å². The Bertz CT molecular complexity index is 869. The Labute approximate surface area is 151 Å². The summed E-state index contributed by atoms with van der Waals surface area (Å²) in [5.74, 6) is -1.15. The van der Waals surface area contributed by atoms with Crippen molar-refractivity contribution in [2.75, 3.05) is 31.4 Å². The first-order chi connectivity index (χ1) is 12.7. The number of aromatic nitrogens is 1. The van der Waals surface area contributed by atoms with Gasteiger partial charge in [0.15, 0.2) is 0 Å². The maximum atomic E-state index is 12.5. The summed E-state index contributed by atoms with van der Waals surface area (Å²) in [4.78, 5) is 19.3. The van der Waals surface area contributed by atoms with Crippen molar-refractivity contribution in [3.63, 3.8) is 0 Å². The standard InChI is InChI=1S/C19H18N4O3/c20-10-13-2-4-17-15(9-13)18(19(24)23(17)25)16-3-1-14(11-21-16)12-22-5-7-26-8-6-22/h1-4,9,11,18,25H,5-8,12H2. The Balaban J connectivity index is 1.60. The molecule has 4 rings (SSSR count). The molecule has 0 spiro atoms. The highest BCUT2D eigenvalue weighted by molar-refractivity contribution is 6.05. The lowest BCUT2D eigenvalue weighted by Gasteiger charge is -2.26. The minimum Gasteiger partial charge on any atom is -0.379 e. The second-order valence-corrected chi connectivity index (χ2v) is 6.45. The van der Waals surface area contributed by atoms with Crippen LogP contribution < -0.4 is 5.06 Å². The van der Waals surface area contributed by atoms with Crippen molar-refractivity contribution < 1.29 is 14.7 Å². The summed E-state index contributed by atoms with van der Waals surface area (Å²) < 4.78 is 5.35. The van der Waals surface area contributed by atoms with Gasteiger partial charge in [-0.05, 0) is 35.4 Å². The van der Waals surface area contributed by atoms with Gasteiger partial charge < -0.3 is 4.74 Å². The zero-order valence-corrected chi connectivity index (χ0v) is 14.1. The number of ether oxygens (including phenoxy) is 1. The van der Waals surface area contributed by atoms with Crippen LogP contribution in [0.5, 0.6) is 0 Å². The molecular formula is C19H18N4O3. The molecule has 0 bridgehead atoms. The molecular weight excluding hydrogens is 332 g/mol. The van der Waals surface area contributed by atoms with Gasteiger partial charge in [0.05, 0.1) is 36.2 Å². The van der Waals surface area contributed by atoms with Gasteiger partial charge in [0.1, 0.15) is 5.92 Å². The van der Waals surface area contributed by atoms with E-state index in [1.54, 1.807) is 24.4 Å². The van der Waals surface area contributed by atoms with E-state index in [0.29, 0.717) is 27.6 Å². The van der Waals surface area contributed by atoms with Crippen LogP contribution in [0.15, 0.2) is 36.5 Å². The molecule has 26 heavy (non-hydrogen) atoms. The number of amides is 1. The number of morpholine rings is 1. The Kier molecular flexibility index (Phi) is 4.39. The SMILES string of the molecule is N#Cc1ccc2c(c1)C(c1ccc(CN3CCOCC3)cn1)C(=O)N2O. The lowest BCUT2D eigenvalue weighted by atomic mass is 9.95. The van der Waals surface area contributed by atoms with Gasteiger partial charge in [-0.3, -0.25) is 19.9 Å². The molecule has 2 aliphatic rings. The summed E-state index contributed by atoms with van der Waals surface area (Å²) in [6, 6.07) is 10.6. The van der Waals surface area contributed by atoms with Crippen molar-refractivity contribution >= 4 is 11.6 Å². The predicted octanol–water partition coefficient (Wildman–Crippen LogP) is 1.65. The summed E-state index contributed by atoms with van der Waals surface area (Å²) in [6.07, 6.45) is 1.77. The number of nitrogens with zero attached hydrogens (tertiary/aromatic N) is 4. The van der Waals surface area contributed by atoms with Gasteiger partial charge in [0.2, 0.25) is 0 Å². The van der Waals surface area contributed by atoms with Crippen molar-refractivity contribution in [1.82, 2.24) is 9.88 Å². The number of hydrogen-bond acceptors (Lipinski definition) is 6. The van der Waals surface area contributed by atoms with Crippen molar-refractivity contribution in [3.05, 3.63) is 58.9 Å². The number of pyridine rings is 1. The molecule has 1 atom stereocenters. The smallest absolute Gasteiger partial charge is 0.264 e. The number of rotatable bonds is 3. The molecule has 132 valence electrons. The summed E-state index contributed by atoms with van der Waals surface area (Å²) in [5.41, 5.74) is 3.07. The van der Waals surface area contributed by atoms with E-state index < -0.39 is 11.8 Å². The maximum absolute atomic E-state index is 12.5. The number of fused-ring (bicyclic) bond motifs is 1. The van der Waals surface area contributed by atoms with Crippen molar-refractivity contribution in [1.29, 1.82) is 5.26 Å². The van der Waals surface area contributed by atoms with Gasteiger partial charge in [-0.1, -0.05) is 6.07 Å². The molecule has 2 aliphatic heterocycles. The van der Waals surface area contributed by atoms with Gasteiger partial charge in [-0.25, -0.2) is 0 Å². The van der Waals surface area contributed by atoms with Gasteiger partial charge >= 0.3 is 0 Å². The molecule has 0 saturated carbocycles. The van der Waals surface area contributed by atoms with E-state index >= 15 is 0 Å². The molecule has 7 nitrogen and oxygen atoms in total. The number of anilines is 1. The number of carbonyl (C=O) groups is 1. The van der Waals surface area contributed by atoms with Crippen molar-refractivity contribution in [2.24, 2.45) is 0 Å². The highest BCUT2D eigenvalue weighted by Crippen LogP contribution is 2.40. The highest BCUT2D eigenvalue weighted by Gasteiger charge is 2.39. The molecule has 1 amide bonds. The quantitative estimate of drug-likeness (QED) is 0.847. The molecule has 7 heteroatoms. The van der Waals surface area contributed by atoms with Gasteiger partial charge in [-0.2, -0.15) is 10.3 Å². The van der Waals surface area contributed by atoms with Crippen LogP contribution in [0.3, 0.4) is 0 Å². The zero-order valence-electron chi connectivity index (χ0n) is 14.1. The Morgan fingerprint density at radius 3 is 2.77 bits per heavy atom. The topological polar surface area (TPSA) is 89.7 Å². The van der Waals surface area contributed by atoms with Crippen LogP contribution in [0, 0.1) is 11.3 Å². The van der Waals surface area contributed by atoms with Crippen LogP contribution in [0.4, 0.5) is 5.69 Å². The first kappa shape index (κ1) is 16.7. The van der Waals surface area contributed by atoms with E-state index in [1.165, 1.54) is 0 Å². The third-order valence-electron chi connectivity index (χ3n) is 4.80. The van der Waals surface area contributed by atoms with Crippen LogP contribution in [0.2, 0.25) is 0 Å². The van der Waals surface area contributed by atoms with E-state index in [1.807, 2.05) is 12.1 Å². The first-order valence-corrected chi connectivity index (χ1v) is 8.49. The van der Waals surface area contributed by atoms with Gasteiger partial charge in [-0.15, -0.1) is 0 Å². The monoisotopic (exact) mass is 350 g/mol. The number of hydrogen-bond donors (Lipinski definition) is 1. The molecule has 0 radical (unpaired) electrons. The molecule has 1 saturated heterocycles. The Morgan fingerprint density at radius 2 is 2.08 bits per heavy atom. The lowest BCUT2D eigenvalue weighted by Crippen LogP contribution is -2.35. The Morgan fingerprint density at radius 1 is 1.27 bits per heavy atom. The van der Waals surface area contributed by atoms with E-state index in [2.05, 4.69) is 16.0 Å². The molecule has 1 aromatic carbocycles. The summed E-state index contributed by atoms with van der Waals surface area (Å²) in [5, 5.41) is 19.8. The van der Waals surface area contributed by atoms with Crippen LogP contribution >= 0.6 is 0 Å². The zero-order chi connectivity index (χ0) is 18.1. The fraction of sp³-hybridized carbons (Fsp3) is 0.316. The molecule has 0 aliphatic carbocycles. The molecule has 2 aromatic rings. The second kappa shape index (κ2) is 6.84. The minimum atomic E-state index is -0.694. The molecule has 1 N–H and O–H groups in total. The Hall–Kier alpha value is -2.79. The molecule has 3 heterocycles. The van der Waals surface area contributed by atoms with E-state index in [-0.39, 0.29) is 0 Å². The first-order valence-electron chi connectivity index (χ1n) is 8.49. The van der Waals surface area contributed by atoms with Gasteiger partial charge in [0, 0.05) is 25.8 Å². The minimum absolute atomic E-state index is 0.401. The summed E-state index contributed by atoms with van der Waals surface area (Å²) >= 11 is 0. The average Bonchev–Trinajstić information content (AvgIpc) is 2.93. The molecule has 1 aromatic heterocycles. The van der Waals surface area contributed by atoms with E-state index in [0.717, 1.165) is 38.4 Å². The highest BCUT2D eigenvalue weighted by atomic mass is 16.5. The summed E-state index contributed by atoms with van der Waals surface area (Å²) in [7, 11) is 0. The molecule has 1 unspecified atom stereocenters. The van der Waals surface area contributed by atoms with Crippen LogP contribution in [0.1, 0.15) is 28.3 Å². The summed E-state index contributed by atoms with van der Waals surface area (Å²) in [6.45, 7) is 4.06. The maximum Gasteiger partial charge on any atom is 0.264 e. The van der Waals surface area contributed by atoms with Gasteiger partial charge in [0.25, 0.3) is 5.91 Å². The number of benzene rings is 1. The van der Waals surface area contributed by atoms with Crippen LogP contribution in [0.25, 0.3) is 0 Å². The lowest BCUT2D eigenvalue weighted by molar-refractivity contribution is -0.123. The number of carbonyl (C=O) groups excluding carboxylic acids is 1. The number of hydroxylamine groups is 1. The van der Waals surface area contributed by atoms with E-state index in [4.69, 9.17) is 10.00 Å². The predicted molar refractivity (Wildman–Crippen MR) is 92.6 cm³/mol. The average molecular weight is 350 g/mol. The van der Waals surface area contributed by atoms with Crippen molar-refractivity contribution in [3.8, 4) is 6.07 Å². The van der Waals surface area contributed by atoms with Crippen LogP contribution in [-0.2, 0) is 16.1 Å². The largest absolute Gasteiger partial charge is 0.379 e. The fourth-order valence-electron chi connectivity index (χ4n) is 3.43. The fourth-order valence-corrected chi connectivity index (χ4v) is 3.43. The molecule has 1 fully saturated rings. The normalized spacial score (nSPS) is 20.1. The number of nitriles is 1. The third-order valence-corrected chi connectivity index (χ3v) is 4.80. The third kappa shape index (κ3) is 2.95. The van der Waals surface area contributed by atoms with Crippen LogP contribution in [-0.4, -0.2) is 47.3 Å². The second-order valence-electron chi connectivity index (χ2n) is 6.45. The van der Waals surface area contributed by atoms with Crippen molar-refractivity contribution in [2.45, 2.75) is 12.5 Å².